The highest BCUT2D eigenvalue weighted by atomic mass is 14.1. The molecule has 0 aromatic rings. The lowest BCUT2D eigenvalue weighted by atomic mass is 9.98. The van der Waals surface area contributed by atoms with Crippen LogP contribution in [0.3, 0.4) is 0 Å². The second-order valence-corrected chi connectivity index (χ2v) is 3.96. The first kappa shape index (κ1) is 12.5. The average Bonchev–Trinajstić information content (AvgIpc) is 2.30. The molecular weight excluding hydrogens is 192 g/mol. The molecule has 16 heavy (non-hydrogen) atoms. The Hall–Kier alpha value is -1.56. The fourth-order valence-corrected chi connectivity index (χ4v) is 1.71. The van der Waals surface area contributed by atoms with Crippen LogP contribution in [0.15, 0.2) is 71.9 Å². The van der Waals surface area contributed by atoms with E-state index in [1.165, 1.54) is 16.7 Å². The molecule has 0 aromatic carbocycles. The van der Waals surface area contributed by atoms with Gasteiger partial charge in [0.2, 0.25) is 0 Å². The quantitative estimate of drug-likeness (QED) is 0.581. The molecule has 0 aliphatic heterocycles. The van der Waals surface area contributed by atoms with E-state index in [0.717, 1.165) is 12.8 Å². The van der Waals surface area contributed by atoms with Crippen LogP contribution in [0.5, 0.6) is 0 Å². The molecule has 0 saturated carbocycles. The Morgan fingerprint density at radius 2 is 2.25 bits per heavy atom. The zero-order valence-corrected chi connectivity index (χ0v) is 10.2. The summed E-state index contributed by atoms with van der Waals surface area (Å²) in [4.78, 5) is 0. The van der Waals surface area contributed by atoms with Crippen LogP contribution in [0, 0.1) is 0 Å². The molecule has 0 amide bonds. The highest BCUT2D eigenvalue weighted by molar-refractivity contribution is 5.45. The van der Waals surface area contributed by atoms with Gasteiger partial charge in [0.15, 0.2) is 0 Å². The van der Waals surface area contributed by atoms with Gasteiger partial charge in [-0.3, -0.25) is 0 Å². The molecule has 0 bridgehead atoms. The van der Waals surface area contributed by atoms with Gasteiger partial charge >= 0.3 is 0 Å². The van der Waals surface area contributed by atoms with E-state index < -0.39 is 0 Å². The number of allylic oxidation sites excluding steroid dienone is 11. The van der Waals surface area contributed by atoms with Gasteiger partial charge in [0.05, 0.1) is 0 Å². The van der Waals surface area contributed by atoms with Gasteiger partial charge in [-0.05, 0) is 37.8 Å². The van der Waals surface area contributed by atoms with Gasteiger partial charge in [0, 0.05) is 0 Å². The minimum absolute atomic E-state index is 0.952. The van der Waals surface area contributed by atoms with Gasteiger partial charge in [0.1, 0.15) is 0 Å². The lowest BCUT2D eigenvalue weighted by Crippen LogP contribution is -1.88. The Kier molecular flexibility index (Phi) is 5.35. The molecule has 0 fully saturated rings. The highest BCUT2D eigenvalue weighted by Gasteiger charge is 2.00. The summed E-state index contributed by atoms with van der Waals surface area (Å²) >= 11 is 0. The van der Waals surface area contributed by atoms with Crippen LogP contribution in [0.1, 0.15) is 26.7 Å². The van der Waals surface area contributed by atoms with E-state index in [9.17, 15) is 0 Å². The van der Waals surface area contributed by atoms with Gasteiger partial charge in [-0.25, -0.2) is 0 Å². The van der Waals surface area contributed by atoms with Crippen molar-refractivity contribution < 1.29 is 0 Å². The number of hydrogen-bond donors (Lipinski definition) is 0. The Morgan fingerprint density at radius 3 is 2.81 bits per heavy atom. The van der Waals surface area contributed by atoms with Crippen molar-refractivity contribution in [1.82, 2.24) is 0 Å². The van der Waals surface area contributed by atoms with E-state index >= 15 is 0 Å². The van der Waals surface area contributed by atoms with Crippen molar-refractivity contribution in [2.75, 3.05) is 0 Å². The zero-order valence-electron chi connectivity index (χ0n) is 10.2. The maximum absolute atomic E-state index is 3.77. The Morgan fingerprint density at radius 1 is 1.44 bits per heavy atom. The summed E-state index contributed by atoms with van der Waals surface area (Å²) in [5.41, 5.74) is 4.03. The van der Waals surface area contributed by atoms with E-state index in [-0.39, 0.29) is 0 Å². The SMILES string of the molecule is C=CC\C(C)=C/C(/C=C\C)=C1/C=CC=CC1. The number of hydrogen-bond acceptors (Lipinski definition) is 0. The van der Waals surface area contributed by atoms with E-state index in [2.05, 4.69) is 63.0 Å². The molecule has 1 aliphatic carbocycles. The normalized spacial score (nSPS) is 19.2. The molecular formula is C16H20. The molecule has 0 heterocycles. The first-order valence-corrected chi connectivity index (χ1v) is 5.75. The summed E-state index contributed by atoms with van der Waals surface area (Å²) in [5, 5.41) is 0. The van der Waals surface area contributed by atoms with Crippen LogP contribution in [-0.4, -0.2) is 0 Å². The molecule has 0 atom stereocenters. The first-order chi connectivity index (χ1) is 7.77. The molecule has 84 valence electrons. The van der Waals surface area contributed by atoms with Crippen molar-refractivity contribution in [2.45, 2.75) is 26.7 Å². The molecule has 0 heteroatoms. The zero-order chi connectivity index (χ0) is 11.8. The summed E-state index contributed by atoms with van der Waals surface area (Å²) in [5.74, 6) is 0. The Bertz CT molecular complexity index is 384. The molecule has 0 radical (unpaired) electrons. The third-order valence-corrected chi connectivity index (χ3v) is 2.47. The van der Waals surface area contributed by atoms with Crippen molar-refractivity contribution >= 4 is 0 Å². The lowest BCUT2D eigenvalue weighted by molar-refractivity contribution is 1.19. The standard InChI is InChI=1S/C16H20/c1-4-9-14(3)13-16(10-5-2)15-11-7-6-8-12-15/h4-8,10-11,13H,1,9,12H2,2-3H3/b10-5-,14-13-,16-15-. The predicted molar refractivity (Wildman–Crippen MR) is 73.3 cm³/mol. The Labute approximate surface area is 99.1 Å². The summed E-state index contributed by atoms with van der Waals surface area (Å²) < 4.78 is 0. The molecule has 0 nitrogen and oxygen atoms in total. The van der Waals surface area contributed by atoms with Gasteiger partial charge in [-0.1, -0.05) is 54.2 Å². The summed E-state index contributed by atoms with van der Waals surface area (Å²) in [6, 6.07) is 0. The van der Waals surface area contributed by atoms with Crippen molar-refractivity contribution in [2.24, 2.45) is 0 Å². The maximum Gasteiger partial charge on any atom is -0.00884 e. The van der Waals surface area contributed by atoms with Crippen LogP contribution in [0.4, 0.5) is 0 Å². The summed E-state index contributed by atoms with van der Waals surface area (Å²) in [7, 11) is 0. The minimum atomic E-state index is 0.952. The monoisotopic (exact) mass is 212 g/mol. The molecule has 1 aliphatic rings. The Balaban J connectivity index is 2.99. The topological polar surface area (TPSA) is 0 Å². The average molecular weight is 212 g/mol. The van der Waals surface area contributed by atoms with Crippen molar-refractivity contribution in [3.63, 3.8) is 0 Å². The largest absolute Gasteiger partial charge is 0.103 e. The van der Waals surface area contributed by atoms with Crippen LogP contribution < -0.4 is 0 Å². The fourth-order valence-electron chi connectivity index (χ4n) is 1.71. The molecule has 1 rings (SSSR count). The smallest absolute Gasteiger partial charge is 0.00884 e. The van der Waals surface area contributed by atoms with Crippen molar-refractivity contribution in [3.8, 4) is 0 Å². The summed E-state index contributed by atoms with van der Waals surface area (Å²) in [6.07, 6.45) is 19.0. The molecule has 0 spiro atoms. The van der Waals surface area contributed by atoms with E-state index in [0.29, 0.717) is 0 Å². The van der Waals surface area contributed by atoms with Gasteiger partial charge in [-0.2, -0.15) is 0 Å². The molecule has 0 unspecified atom stereocenters. The van der Waals surface area contributed by atoms with Gasteiger partial charge < -0.3 is 0 Å². The van der Waals surface area contributed by atoms with Crippen LogP contribution in [0.25, 0.3) is 0 Å². The lowest BCUT2D eigenvalue weighted by Gasteiger charge is -2.07. The molecule has 0 N–H and O–H groups in total. The van der Waals surface area contributed by atoms with Crippen LogP contribution in [0.2, 0.25) is 0 Å². The van der Waals surface area contributed by atoms with Gasteiger partial charge in [-0.15, -0.1) is 6.58 Å². The fraction of sp³-hybridized carbons (Fsp3) is 0.250. The second kappa shape index (κ2) is 6.84. The van der Waals surface area contributed by atoms with Crippen molar-refractivity contribution in [1.29, 1.82) is 0 Å². The van der Waals surface area contributed by atoms with E-state index in [1.807, 2.05) is 6.08 Å². The summed E-state index contributed by atoms with van der Waals surface area (Å²) in [6.45, 7) is 7.97. The maximum atomic E-state index is 3.77. The van der Waals surface area contributed by atoms with E-state index in [4.69, 9.17) is 0 Å². The van der Waals surface area contributed by atoms with E-state index in [1.54, 1.807) is 0 Å². The molecule has 0 aromatic heterocycles. The predicted octanol–water partition coefficient (Wildman–Crippen LogP) is 4.90. The third-order valence-electron chi connectivity index (χ3n) is 2.47. The first-order valence-electron chi connectivity index (χ1n) is 5.75. The molecule has 0 saturated heterocycles. The number of rotatable bonds is 4. The minimum Gasteiger partial charge on any atom is -0.103 e. The third kappa shape index (κ3) is 3.90. The van der Waals surface area contributed by atoms with Crippen LogP contribution in [-0.2, 0) is 0 Å². The van der Waals surface area contributed by atoms with Crippen LogP contribution >= 0.6 is 0 Å². The van der Waals surface area contributed by atoms with Crippen molar-refractivity contribution in [3.05, 3.63) is 71.9 Å². The second-order valence-electron chi connectivity index (χ2n) is 3.96. The van der Waals surface area contributed by atoms with Gasteiger partial charge in [0.25, 0.3) is 0 Å². The highest BCUT2D eigenvalue weighted by Crippen LogP contribution is 2.19.